The Morgan fingerprint density at radius 3 is 2.71 bits per heavy atom. The van der Waals surface area contributed by atoms with Crippen LogP contribution in [0, 0.1) is 0 Å². The molecule has 0 fully saturated rings. The molecule has 0 saturated carbocycles. The molecule has 3 rings (SSSR count). The molecule has 2 heterocycles. The molecular weight excluding hydrogens is 272 g/mol. The van der Waals surface area contributed by atoms with Gasteiger partial charge in [-0.25, -0.2) is 4.79 Å². The smallest absolute Gasteiger partial charge is 0.364 e. The lowest BCUT2D eigenvalue weighted by atomic mass is 10.1. The quantitative estimate of drug-likeness (QED) is 0.694. The minimum Gasteiger partial charge on any atom is -0.486 e. The largest absolute Gasteiger partial charge is 0.486 e. The molecule has 0 spiro atoms. The summed E-state index contributed by atoms with van der Waals surface area (Å²) in [6.07, 6.45) is 0. The Morgan fingerprint density at radius 2 is 2.00 bits per heavy atom. The molecule has 1 aliphatic heterocycles. The molecule has 1 aromatic carbocycles. The van der Waals surface area contributed by atoms with Gasteiger partial charge in [-0.15, -0.1) is 0 Å². The number of esters is 1. The summed E-state index contributed by atoms with van der Waals surface area (Å²) in [6, 6.07) is 6.73. The maximum atomic E-state index is 12.0. The summed E-state index contributed by atoms with van der Waals surface area (Å²) in [6.45, 7) is 5.05. The third-order valence-electron chi connectivity index (χ3n) is 3.15. The average Bonchev–Trinajstić information content (AvgIpc) is 2.97. The van der Waals surface area contributed by atoms with E-state index in [-0.39, 0.29) is 11.6 Å². The van der Waals surface area contributed by atoms with Crippen LogP contribution in [-0.4, -0.2) is 29.4 Å². The number of H-pyrrole nitrogens is 1. The van der Waals surface area contributed by atoms with E-state index in [0.717, 1.165) is 5.69 Å². The van der Waals surface area contributed by atoms with E-state index in [1.54, 1.807) is 24.3 Å². The summed E-state index contributed by atoms with van der Waals surface area (Å²) < 4.78 is 16.2. The Bertz CT molecular complexity index is 663. The van der Waals surface area contributed by atoms with Gasteiger partial charge in [-0.1, -0.05) is 13.8 Å². The van der Waals surface area contributed by atoms with Gasteiger partial charge in [0.25, 0.3) is 0 Å². The van der Waals surface area contributed by atoms with E-state index in [2.05, 4.69) is 10.2 Å². The molecule has 0 aliphatic carbocycles. The normalized spacial score (nSPS) is 13.3. The summed E-state index contributed by atoms with van der Waals surface area (Å²) in [7, 11) is 0. The zero-order valence-electron chi connectivity index (χ0n) is 11.9. The van der Waals surface area contributed by atoms with Crippen molar-refractivity contribution < 1.29 is 19.0 Å². The van der Waals surface area contributed by atoms with Gasteiger partial charge >= 0.3 is 5.97 Å². The molecule has 6 heteroatoms. The Balaban J connectivity index is 1.74. The number of hydrogen-bond donors (Lipinski definition) is 1. The average molecular weight is 288 g/mol. The van der Waals surface area contributed by atoms with Gasteiger partial charge in [0.1, 0.15) is 19.0 Å². The number of nitrogens with one attached hydrogen (secondary N) is 1. The van der Waals surface area contributed by atoms with Crippen LogP contribution in [0.15, 0.2) is 24.3 Å². The predicted octanol–water partition coefficient (Wildman–Crippen LogP) is 2.52. The number of fused-ring (bicyclic) bond motifs is 1. The zero-order chi connectivity index (χ0) is 14.8. The number of carbonyl (C=O) groups excluding carboxylic acids is 1. The van der Waals surface area contributed by atoms with Crippen LogP contribution in [0.25, 0.3) is 0 Å². The third-order valence-corrected chi connectivity index (χ3v) is 3.15. The molecule has 0 unspecified atom stereocenters. The first-order valence-electron chi connectivity index (χ1n) is 6.80. The molecule has 6 nitrogen and oxygen atoms in total. The zero-order valence-corrected chi connectivity index (χ0v) is 11.9. The van der Waals surface area contributed by atoms with Crippen molar-refractivity contribution in [2.75, 3.05) is 13.2 Å². The molecule has 1 aliphatic rings. The standard InChI is InChI=1S/C15H16N2O4/c1-9(2)11-8-12(17-16-11)15(18)21-10-3-4-13-14(7-10)20-6-5-19-13/h3-4,7-9H,5-6H2,1-2H3,(H,16,17). The van der Waals surface area contributed by atoms with Crippen molar-refractivity contribution in [3.05, 3.63) is 35.7 Å². The number of rotatable bonds is 3. The fourth-order valence-corrected chi connectivity index (χ4v) is 1.98. The SMILES string of the molecule is CC(C)c1cc(C(=O)Oc2ccc3c(c2)OCCO3)n[nH]1. The number of carbonyl (C=O) groups is 1. The van der Waals surface area contributed by atoms with Crippen molar-refractivity contribution in [2.45, 2.75) is 19.8 Å². The molecule has 21 heavy (non-hydrogen) atoms. The highest BCUT2D eigenvalue weighted by Crippen LogP contribution is 2.33. The van der Waals surface area contributed by atoms with Crippen LogP contribution < -0.4 is 14.2 Å². The van der Waals surface area contributed by atoms with Crippen molar-refractivity contribution in [1.29, 1.82) is 0 Å². The molecule has 110 valence electrons. The van der Waals surface area contributed by atoms with Crippen LogP contribution in [-0.2, 0) is 0 Å². The van der Waals surface area contributed by atoms with Crippen LogP contribution in [0.5, 0.6) is 17.2 Å². The third kappa shape index (κ3) is 2.84. The van der Waals surface area contributed by atoms with Gasteiger partial charge in [0.2, 0.25) is 0 Å². The van der Waals surface area contributed by atoms with E-state index in [0.29, 0.717) is 30.5 Å². The van der Waals surface area contributed by atoms with Crippen LogP contribution >= 0.6 is 0 Å². The molecular formula is C15H16N2O4. The molecule has 0 saturated heterocycles. The summed E-state index contributed by atoms with van der Waals surface area (Å²) in [5.41, 5.74) is 1.15. The summed E-state index contributed by atoms with van der Waals surface area (Å²) >= 11 is 0. The van der Waals surface area contributed by atoms with Crippen LogP contribution in [0.3, 0.4) is 0 Å². The monoisotopic (exact) mass is 288 g/mol. The van der Waals surface area contributed by atoms with Crippen LogP contribution in [0.4, 0.5) is 0 Å². The topological polar surface area (TPSA) is 73.4 Å². The first kappa shape index (κ1) is 13.5. The van der Waals surface area contributed by atoms with Gasteiger partial charge in [-0.2, -0.15) is 5.10 Å². The fraction of sp³-hybridized carbons (Fsp3) is 0.333. The minimum atomic E-state index is -0.505. The van der Waals surface area contributed by atoms with Crippen molar-refractivity contribution in [2.24, 2.45) is 0 Å². The Kier molecular flexibility index (Phi) is 3.51. The van der Waals surface area contributed by atoms with Gasteiger partial charge in [0.15, 0.2) is 17.2 Å². The lowest BCUT2D eigenvalue weighted by Gasteiger charge is -2.18. The summed E-state index contributed by atoms with van der Waals surface area (Å²) in [4.78, 5) is 12.0. The molecule has 0 bridgehead atoms. The fourth-order valence-electron chi connectivity index (χ4n) is 1.98. The van der Waals surface area contributed by atoms with E-state index in [9.17, 15) is 4.79 Å². The minimum absolute atomic E-state index is 0.258. The molecule has 1 N–H and O–H groups in total. The van der Waals surface area contributed by atoms with Gasteiger partial charge in [0.05, 0.1) is 0 Å². The van der Waals surface area contributed by atoms with Gasteiger partial charge < -0.3 is 14.2 Å². The second-order valence-corrected chi connectivity index (χ2v) is 5.06. The molecule has 0 amide bonds. The van der Waals surface area contributed by atoms with Gasteiger partial charge in [-0.3, -0.25) is 5.10 Å². The second kappa shape index (κ2) is 5.47. The molecule has 1 aromatic heterocycles. The Hall–Kier alpha value is -2.50. The summed E-state index contributed by atoms with van der Waals surface area (Å²) in [5, 5.41) is 6.79. The Morgan fingerprint density at radius 1 is 1.24 bits per heavy atom. The van der Waals surface area contributed by atoms with Crippen LogP contribution in [0.1, 0.15) is 35.9 Å². The highest BCUT2D eigenvalue weighted by molar-refractivity contribution is 5.89. The number of aromatic amines is 1. The van der Waals surface area contributed by atoms with Crippen molar-refractivity contribution in [3.63, 3.8) is 0 Å². The van der Waals surface area contributed by atoms with Crippen molar-refractivity contribution in [1.82, 2.24) is 10.2 Å². The highest BCUT2D eigenvalue weighted by atomic mass is 16.6. The first-order chi connectivity index (χ1) is 10.1. The maximum absolute atomic E-state index is 12.0. The lowest BCUT2D eigenvalue weighted by molar-refractivity contribution is 0.0727. The number of hydrogen-bond acceptors (Lipinski definition) is 5. The molecule has 2 aromatic rings. The highest BCUT2D eigenvalue weighted by Gasteiger charge is 2.17. The van der Waals surface area contributed by atoms with E-state index < -0.39 is 5.97 Å². The first-order valence-corrected chi connectivity index (χ1v) is 6.80. The second-order valence-electron chi connectivity index (χ2n) is 5.06. The van der Waals surface area contributed by atoms with Crippen molar-refractivity contribution >= 4 is 5.97 Å². The van der Waals surface area contributed by atoms with E-state index in [1.807, 2.05) is 13.8 Å². The van der Waals surface area contributed by atoms with Crippen molar-refractivity contribution in [3.8, 4) is 17.2 Å². The Labute approximate surface area is 122 Å². The molecule has 0 atom stereocenters. The maximum Gasteiger partial charge on any atom is 0.364 e. The van der Waals surface area contributed by atoms with E-state index >= 15 is 0 Å². The van der Waals surface area contributed by atoms with Crippen LogP contribution in [0.2, 0.25) is 0 Å². The number of benzene rings is 1. The van der Waals surface area contributed by atoms with E-state index in [4.69, 9.17) is 14.2 Å². The van der Waals surface area contributed by atoms with E-state index in [1.165, 1.54) is 0 Å². The van der Waals surface area contributed by atoms with Gasteiger partial charge in [0, 0.05) is 11.8 Å². The number of ether oxygens (including phenoxy) is 3. The number of aromatic nitrogens is 2. The van der Waals surface area contributed by atoms with Gasteiger partial charge in [-0.05, 0) is 24.1 Å². The predicted molar refractivity (Wildman–Crippen MR) is 75.1 cm³/mol. The molecule has 0 radical (unpaired) electrons. The summed E-state index contributed by atoms with van der Waals surface area (Å²) in [5.74, 6) is 1.40. The number of nitrogens with zero attached hydrogens (tertiary/aromatic N) is 1. The lowest BCUT2D eigenvalue weighted by Crippen LogP contribution is -2.15.